The van der Waals surface area contributed by atoms with E-state index in [4.69, 9.17) is 9.84 Å². The number of benzene rings is 1. The van der Waals surface area contributed by atoms with Crippen LogP contribution in [0.2, 0.25) is 0 Å². The van der Waals surface area contributed by atoms with Gasteiger partial charge in [0.2, 0.25) is 0 Å². The summed E-state index contributed by atoms with van der Waals surface area (Å²) in [5, 5.41) is 6.74. The van der Waals surface area contributed by atoms with E-state index in [0.717, 1.165) is 28.2 Å². The molecule has 0 radical (unpaired) electrons. The Morgan fingerprint density at radius 1 is 1.21 bits per heavy atom. The van der Waals surface area contributed by atoms with Crippen molar-refractivity contribution >= 4 is 23.1 Å². The van der Waals surface area contributed by atoms with E-state index in [1.165, 1.54) is 0 Å². The molecule has 3 aromatic rings. The molecule has 28 heavy (non-hydrogen) atoms. The van der Waals surface area contributed by atoms with Gasteiger partial charge in [0.15, 0.2) is 0 Å². The summed E-state index contributed by atoms with van der Waals surface area (Å²) in [5.74, 6) is -0.0193. The largest absolute Gasteiger partial charge is 0.460 e. The first-order valence-electron chi connectivity index (χ1n) is 9.52. The first-order chi connectivity index (χ1) is 13.6. The molecule has 0 saturated heterocycles. The second kappa shape index (κ2) is 6.71. The fourth-order valence-electron chi connectivity index (χ4n) is 4.18. The molecule has 0 amide bonds. The van der Waals surface area contributed by atoms with Gasteiger partial charge in [0.1, 0.15) is 18.1 Å². The van der Waals surface area contributed by atoms with E-state index in [1.54, 1.807) is 11.3 Å². The van der Waals surface area contributed by atoms with Gasteiger partial charge < -0.3 is 4.74 Å². The van der Waals surface area contributed by atoms with Crippen LogP contribution in [0, 0.1) is 11.3 Å². The maximum Gasteiger partial charge on any atom is 0.309 e. The van der Waals surface area contributed by atoms with E-state index in [1.807, 2.05) is 58.7 Å². The zero-order valence-corrected chi connectivity index (χ0v) is 16.2. The lowest BCUT2D eigenvalue weighted by Gasteiger charge is -2.51. The lowest BCUT2D eigenvalue weighted by Crippen LogP contribution is -2.53. The van der Waals surface area contributed by atoms with Gasteiger partial charge in [-0.05, 0) is 42.8 Å². The molecule has 0 bridgehead atoms. The molecule has 5 nitrogen and oxygen atoms in total. The van der Waals surface area contributed by atoms with E-state index in [-0.39, 0.29) is 23.9 Å². The predicted octanol–water partition coefficient (Wildman–Crippen LogP) is 4.40. The molecule has 2 aliphatic carbocycles. The third-order valence-corrected chi connectivity index (χ3v) is 6.84. The summed E-state index contributed by atoms with van der Waals surface area (Å²) in [6.07, 6.45) is 4.85. The summed E-state index contributed by atoms with van der Waals surface area (Å²) in [4.78, 5) is 25.2. The van der Waals surface area contributed by atoms with Crippen LogP contribution < -0.4 is 0 Å². The molecule has 2 aromatic heterocycles. The van der Waals surface area contributed by atoms with Crippen LogP contribution in [0.4, 0.5) is 0 Å². The van der Waals surface area contributed by atoms with Gasteiger partial charge in [0.25, 0.3) is 0 Å². The second-order valence-electron chi connectivity index (χ2n) is 7.68. The topological polar surface area (TPSA) is 61.2 Å². The molecule has 2 heterocycles. The smallest absolute Gasteiger partial charge is 0.309 e. The molecular formula is C22H20N2O3S. The third kappa shape index (κ3) is 2.88. The van der Waals surface area contributed by atoms with Crippen LogP contribution in [-0.4, -0.2) is 21.5 Å². The number of carbonyl (C=O) groups excluding carboxylic acids is 2. The summed E-state index contributed by atoms with van der Waals surface area (Å²) in [5.41, 5.74) is 2.49. The number of Topliss-reactive ketones (excluding diaryl/α,β-unsaturated/α-hetero) is 1. The number of ketones is 1. The average Bonchev–Trinajstić information content (AvgIpc) is 3.34. The fourth-order valence-corrected chi connectivity index (χ4v) is 4.92. The summed E-state index contributed by atoms with van der Waals surface area (Å²) in [6.45, 7) is 0.191. The number of hydrogen-bond donors (Lipinski definition) is 0. The summed E-state index contributed by atoms with van der Waals surface area (Å²) < 4.78 is 7.44. The van der Waals surface area contributed by atoms with Crippen LogP contribution in [0.1, 0.15) is 31.2 Å². The number of para-hydroxylation sites is 1. The number of hydrogen-bond acceptors (Lipinski definition) is 5. The van der Waals surface area contributed by atoms with Gasteiger partial charge >= 0.3 is 5.97 Å². The Hall–Kier alpha value is -2.73. The van der Waals surface area contributed by atoms with Crippen molar-refractivity contribution in [3.63, 3.8) is 0 Å². The summed E-state index contributed by atoms with van der Waals surface area (Å²) >= 11 is 1.61. The Labute approximate surface area is 167 Å². The van der Waals surface area contributed by atoms with Crippen molar-refractivity contribution < 1.29 is 14.3 Å². The maximum atomic E-state index is 12.4. The predicted molar refractivity (Wildman–Crippen MR) is 106 cm³/mol. The Balaban J connectivity index is 1.32. The average molecular weight is 392 g/mol. The molecule has 0 N–H and O–H groups in total. The van der Waals surface area contributed by atoms with Gasteiger partial charge in [-0.25, -0.2) is 4.68 Å². The van der Waals surface area contributed by atoms with Crippen LogP contribution in [0.5, 0.6) is 0 Å². The Kier molecular flexibility index (Phi) is 4.16. The highest BCUT2D eigenvalue weighted by atomic mass is 32.1. The van der Waals surface area contributed by atoms with Crippen molar-refractivity contribution in [3.8, 4) is 16.3 Å². The van der Waals surface area contributed by atoms with Gasteiger partial charge in [-0.2, -0.15) is 5.10 Å². The molecule has 5 rings (SSSR count). The Morgan fingerprint density at radius 3 is 2.68 bits per heavy atom. The maximum absolute atomic E-state index is 12.4. The van der Waals surface area contributed by atoms with Crippen molar-refractivity contribution in [3.05, 3.63) is 59.6 Å². The van der Waals surface area contributed by atoms with Crippen LogP contribution >= 0.6 is 11.3 Å². The number of rotatable bonds is 5. The molecule has 142 valence electrons. The van der Waals surface area contributed by atoms with Crippen molar-refractivity contribution in [2.45, 2.75) is 32.3 Å². The SMILES string of the molecule is O=C(OCc1cn(-c2ccccc2)nc1-c1cccs1)C1CC2(CCC2=O)C1. The highest BCUT2D eigenvalue weighted by molar-refractivity contribution is 7.13. The van der Waals surface area contributed by atoms with Gasteiger partial charge in [-0.3, -0.25) is 9.59 Å². The second-order valence-corrected chi connectivity index (χ2v) is 8.62. The fraction of sp³-hybridized carbons (Fsp3) is 0.318. The van der Waals surface area contributed by atoms with Crippen molar-refractivity contribution in [2.24, 2.45) is 11.3 Å². The van der Waals surface area contributed by atoms with E-state index in [0.29, 0.717) is 25.0 Å². The lowest BCUT2D eigenvalue weighted by molar-refractivity contribution is -0.167. The molecule has 2 fully saturated rings. The molecule has 0 aliphatic heterocycles. The molecule has 1 spiro atoms. The molecule has 0 atom stereocenters. The highest BCUT2D eigenvalue weighted by Gasteiger charge is 2.57. The Bertz CT molecular complexity index is 1020. The lowest BCUT2D eigenvalue weighted by atomic mass is 9.51. The van der Waals surface area contributed by atoms with Crippen molar-refractivity contribution in [1.29, 1.82) is 0 Å². The monoisotopic (exact) mass is 392 g/mol. The van der Waals surface area contributed by atoms with Crippen LogP contribution in [0.25, 0.3) is 16.3 Å². The minimum absolute atomic E-state index is 0.140. The standard InChI is InChI=1S/C22H20N2O3S/c25-19-8-9-22(19)11-15(12-22)21(26)27-14-16-13-24(17-5-2-1-3-6-17)23-20(16)18-7-4-10-28-18/h1-7,10,13,15H,8-9,11-12,14H2. The molecule has 2 saturated carbocycles. The third-order valence-electron chi connectivity index (χ3n) is 5.96. The number of esters is 1. The molecule has 6 heteroatoms. The van der Waals surface area contributed by atoms with Gasteiger partial charge in [-0.15, -0.1) is 11.3 Å². The normalized spacial score (nSPS) is 23.3. The number of ether oxygens (including phenoxy) is 1. The molecular weight excluding hydrogens is 372 g/mol. The zero-order valence-electron chi connectivity index (χ0n) is 15.3. The Morgan fingerprint density at radius 2 is 2.04 bits per heavy atom. The summed E-state index contributed by atoms with van der Waals surface area (Å²) in [7, 11) is 0. The van der Waals surface area contributed by atoms with Gasteiger partial charge in [0, 0.05) is 23.6 Å². The van der Waals surface area contributed by atoms with Crippen LogP contribution in [-0.2, 0) is 20.9 Å². The number of thiophene rings is 1. The molecule has 1 aromatic carbocycles. The summed E-state index contributed by atoms with van der Waals surface area (Å²) in [6, 6.07) is 13.9. The molecule has 2 aliphatic rings. The minimum atomic E-state index is -0.199. The molecule has 0 unspecified atom stereocenters. The van der Waals surface area contributed by atoms with Crippen molar-refractivity contribution in [2.75, 3.05) is 0 Å². The van der Waals surface area contributed by atoms with Crippen molar-refractivity contribution in [1.82, 2.24) is 9.78 Å². The first-order valence-corrected chi connectivity index (χ1v) is 10.4. The number of nitrogens with zero attached hydrogens (tertiary/aromatic N) is 2. The van der Waals surface area contributed by atoms with Gasteiger partial charge in [0.05, 0.1) is 16.5 Å². The van der Waals surface area contributed by atoms with E-state index < -0.39 is 0 Å². The van der Waals surface area contributed by atoms with E-state index >= 15 is 0 Å². The number of carbonyl (C=O) groups is 2. The van der Waals surface area contributed by atoms with Crippen LogP contribution in [0.3, 0.4) is 0 Å². The quantitative estimate of drug-likeness (QED) is 0.604. The minimum Gasteiger partial charge on any atom is -0.460 e. The highest BCUT2D eigenvalue weighted by Crippen LogP contribution is 2.56. The van der Waals surface area contributed by atoms with E-state index in [2.05, 4.69) is 0 Å². The first kappa shape index (κ1) is 17.4. The van der Waals surface area contributed by atoms with E-state index in [9.17, 15) is 9.59 Å². The van der Waals surface area contributed by atoms with Gasteiger partial charge in [-0.1, -0.05) is 24.3 Å². The van der Waals surface area contributed by atoms with Crippen LogP contribution in [0.15, 0.2) is 54.0 Å². The number of aromatic nitrogens is 2. The zero-order chi connectivity index (χ0) is 19.1.